The Morgan fingerprint density at radius 2 is 0.952 bits per heavy atom. The lowest BCUT2D eigenvalue weighted by molar-refractivity contribution is 0.0371. The third-order valence-electron chi connectivity index (χ3n) is 7.28. The summed E-state index contributed by atoms with van der Waals surface area (Å²) < 4.78 is 0. The Hall–Kier alpha value is 0. The summed E-state index contributed by atoms with van der Waals surface area (Å²) in [4.78, 5) is 0. The highest BCUT2D eigenvalue weighted by atomic mass is 14.4. The Morgan fingerprint density at radius 1 is 0.571 bits per heavy atom. The first-order valence-corrected chi connectivity index (χ1v) is 9.25. The Bertz CT molecular complexity index is 295. The highest BCUT2D eigenvalue weighted by Crippen LogP contribution is 2.47. The smallest absolute Gasteiger partial charge is 0.0298 e. The quantitative estimate of drug-likeness (QED) is 0.441. The van der Waals surface area contributed by atoms with E-state index in [1.54, 1.807) is 0 Å². The van der Waals surface area contributed by atoms with E-state index in [1.807, 2.05) is 0 Å². The van der Waals surface area contributed by atoms with Crippen LogP contribution in [-0.4, -0.2) is 0 Å². The van der Waals surface area contributed by atoms with Crippen molar-refractivity contribution in [2.45, 2.75) is 89.5 Å². The Balaban J connectivity index is 4.98. The maximum absolute atomic E-state index is 2.49. The minimum absolute atomic E-state index is 0.407. The average Bonchev–Trinajstić information content (AvgIpc) is 2.34. The summed E-state index contributed by atoms with van der Waals surface area (Å²) in [5, 5.41) is 0. The molecular weight excluding hydrogens is 252 g/mol. The third kappa shape index (κ3) is 5.29. The Morgan fingerprint density at radius 3 is 1.29 bits per heavy atom. The monoisotopic (exact) mass is 296 g/mol. The number of rotatable bonds is 8. The van der Waals surface area contributed by atoms with E-state index in [2.05, 4.69) is 83.1 Å². The van der Waals surface area contributed by atoms with E-state index in [0.717, 1.165) is 35.5 Å². The molecule has 21 heavy (non-hydrogen) atoms. The fraction of sp³-hybridized carbons (Fsp3) is 1.00. The fourth-order valence-corrected chi connectivity index (χ4v) is 4.10. The molecule has 0 aromatic heterocycles. The van der Waals surface area contributed by atoms with E-state index in [9.17, 15) is 0 Å². The van der Waals surface area contributed by atoms with Crippen molar-refractivity contribution in [3.05, 3.63) is 0 Å². The van der Waals surface area contributed by atoms with Gasteiger partial charge in [0.15, 0.2) is 0 Å². The van der Waals surface area contributed by atoms with Crippen LogP contribution in [-0.2, 0) is 0 Å². The van der Waals surface area contributed by atoms with Crippen LogP contribution in [0.2, 0.25) is 0 Å². The lowest BCUT2D eigenvalue weighted by Gasteiger charge is -2.45. The normalized spacial score (nSPS) is 19.7. The van der Waals surface area contributed by atoms with Gasteiger partial charge in [-0.05, 0) is 52.8 Å². The number of hydrogen-bond acceptors (Lipinski definition) is 0. The molecule has 0 aromatic rings. The van der Waals surface area contributed by atoms with E-state index >= 15 is 0 Å². The molecule has 0 heteroatoms. The van der Waals surface area contributed by atoms with E-state index in [1.165, 1.54) is 6.42 Å². The van der Waals surface area contributed by atoms with Crippen molar-refractivity contribution < 1.29 is 0 Å². The van der Waals surface area contributed by atoms with Gasteiger partial charge in [0.25, 0.3) is 0 Å². The number of hydrogen-bond donors (Lipinski definition) is 0. The van der Waals surface area contributed by atoms with Gasteiger partial charge in [-0.15, -0.1) is 0 Å². The van der Waals surface area contributed by atoms with E-state index < -0.39 is 0 Å². The second kappa shape index (κ2) is 7.51. The molecule has 0 heterocycles. The van der Waals surface area contributed by atoms with Gasteiger partial charge in [0.1, 0.15) is 0 Å². The summed E-state index contributed by atoms with van der Waals surface area (Å²) in [6.07, 6.45) is 1.34. The molecule has 0 aromatic carbocycles. The van der Waals surface area contributed by atoms with Crippen molar-refractivity contribution in [1.82, 2.24) is 0 Å². The molecule has 0 nitrogen and oxygen atoms in total. The zero-order chi connectivity index (χ0) is 17.2. The molecule has 0 amide bonds. The molecule has 0 aliphatic rings. The molecule has 0 saturated carbocycles. The van der Waals surface area contributed by atoms with E-state index in [-0.39, 0.29) is 0 Å². The van der Waals surface area contributed by atoms with Gasteiger partial charge in [-0.3, -0.25) is 0 Å². The van der Waals surface area contributed by atoms with Gasteiger partial charge in [0, 0.05) is 0 Å². The van der Waals surface area contributed by atoms with Crippen LogP contribution in [0.4, 0.5) is 0 Å². The minimum Gasteiger partial charge on any atom is -0.0625 e. The maximum atomic E-state index is 2.49. The standard InChI is InChI=1S/C21H44/c1-14(2)17(6)20(9,10)13-16(5)19(8)21(11,12)18(7)15(3)4/h14-19H,13H2,1-12H3. The molecular formula is C21H44. The molecule has 0 N–H and O–H groups in total. The Labute approximate surface area is 136 Å². The zero-order valence-corrected chi connectivity index (χ0v) is 17.2. The summed E-state index contributed by atoms with van der Waals surface area (Å²) >= 11 is 0. The van der Waals surface area contributed by atoms with Gasteiger partial charge < -0.3 is 0 Å². The van der Waals surface area contributed by atoms with Gasteiger partial charge in [-0.1, -0.05) is 83.1 Å². The molecule has 0 aliphatic carbocycles. The van der Waals surface area contributed by atoms with E-state index in [4.69, 9.17) is 0 Å². The van der Waals surface area contributed by atoms with Crippen LogP contribution in [0.15, 0.2) is 0 Å². The minimum atomic E-state index is 0.407. The molecule has 0 rings (SSSR count). The van der Waals surface area contributed by atoms with Crippen LogP contribution in [0.1, 0.15) is 89.5 Å². The molecule has 0 radical (unpaired) electrons. The predicted molar refractivity (Wildman–Crippen MR) is 98.5 cm³/mol. The summed E-state index contributed by atoms with van der Waals surface area (Å²) in [5.74, 6) is 4.60. The molecule has 0 fully saturated rings. The van der Waals surface area contributed by atoms with Crippen molar-refractivity contribution >= 4 is 0 Å². The average molecular weight is 297 g/mol. The van der Waals surface area contributed by atoms with Gasteiger partial charge in [0.2, 0.25) is 0 Å². The zero-order valence-electron chi connectivity index (χ0n) is 17.2. The summed E-state index contributed by atoms with van der Waals surface area (Å²) in [6.45, 7) is 29.2. The first-order chi connectivity index (χ1) is 9.25. The second-order valence-electron chi connectivity index (χ2n) is 9.85. The lowest BCUT2D eigenvalue weighted by Crippen LogP contribution is -2.38. The van der Waals surface area contributed by atoms with Crippen molar-refractivity contribution in [2.75, 3.05) is 0 Å². The molecule has 4 unspecified atom stereocenters. The van der Waals surface area contributed by atoms with Crippen LogP contribution >= 0.6 is 0 Å². The van der Waals surface area contributed by atoms with Crippen LogP contribution in [0.25, 0.3) is 0 Å². The van der Waals surface area contributed by atoms with Crippen molar-refractivity contribution in [2.24, 2.45) is 46.3 Å². The largest absolute Gasteiger partial charge is 0.0625 e. The maximum Gasteiger partial charge on any atom is -0.0298 e. The van der Waals surface area contributed by atoms with Gasteiger partial charge in [-0.2, -0.15) is 0 Å². The second-order valence-corrected chi connectivity index (χ2v) is 9.85. The predicted octanol–water partition coefficient (Wildman–Crippen LogP) is 7.29. The molecule has 0 spiro atoms. The molecule has 0 bridgehead atoms. The highest BCUT2D eigenvalue weighted by Gasteiger charge is 2.39. The topological polar surface area (TPSA) is 0 Å². The van der Waals surface area contributed by atoms with Crippen LogP contribution in [0.5, 0.6) is 0 Å². The van der Waals surface area contributed by atoms with Crippen LogP contribution in [0, 0.1) is 46.3 Å². The Kier molecular flexibility index (Phi) is 7.51. The summed E-state index contributed by atoms with van der Waals surface area (Å²) in [6, 6.07) is 0. The van der Waals surface area contributed by atoms with Gasteiger partial charge in [-0.25, -0.2) is 0 Å². The van der Waals surface area contributed by atoms with Gasteiger partial charge >= 0.3 is 0 Å². The molecule has 4 atom stereocenters. The molecule has 128 valence electrons. The fourth-order valence-electron chi connectivity index (χ4n) is 4.10. The lowest BCUT2D eigenvalue weighted by atomic mass is 9.60. The SMILES string of the molecule is CC(C)C(C)C(C)(C)CC(C)C(C)C(C)(C)C(C)C(C)C. The van der Waals surface area contributed by atoms with Crippen molar-refractivity contribution in [3.63, 3.8) is 0 Å². The highest BCUT2D eigenvalue weighted by molar-refractivity contribution is 4.88. The third-order valence-corrected chi connectivity index (χ3v) is 7.28. The van der Waals surface area contributed by atoms with Crippen molar-refractivity contribution in [3.8, 4) is 0 Å². The first kappa shape index (κ1) is 21.0. The summed E-state index contributed by atoms with van der Waals surface area (Å²) in [5.41, 5.74) is 0.837. The van der Waals surface area contributed by atoms with E-state index in [0.29, 0.717) is 10.8 Å². The molecule has 0 aliphatic heterocycles. The van der Waals surface area contributed by atoms with Gasteiger partial charge in [0.05, 0.1) is 0 Å². The molecule has 0 saturated heterocycles. The van der Waals surface area contributed by atoms with Crippen LogP contribution in [0.3, 0.4) is 0 Å². The first-order valence-electron chi connectivity index (χ1n) is 9.25. The van der Waals surface area contributed by atoms with Crippen molar-refractivity contribution in [1.29, 1.82) is 0 Å². The van der Waals surface area contributed by atoms with Crippen LogP contribution < -0.4 is 0 Å². The summed E-state index contributed by atoms with van der Waals surface area (Å²) in [7, 11) is 0.